The van der Waals surface area contributed by atoms with Crippen molar-refractivity contribution in [2.75, 3.05) is 10.8 Å². The lowest BCUT2D eigenvalue weighted by molar-refractivity contribution is 0.443. The molecule has 0 spiro atoms. The Balaban J connectivity index is 1.61. The molecule has 1 aliphatic heterocycles. The van der Waals surface area contributed by atoms with Gasteiger partial charge in [0.1, 0.15) is 0 Å². The Bertz CT molecular complexity index is 821. The Morgan fingerprint density at radius 1 is 0.875 bits per heavy atom. The van der Waals surface area contributed by atoms with E-state index in [1.807, 2.05) is 36.4 Å². The van der Waals surface area contributed by atoms with Crippen molar-refractivity contribution in [1.29, 1.82) is 0 Å². The van der Waals surface area contributed by atoms with E-state index in [1.165, 1.54) is 37.7 Å². The molecule has 0 saturated heterocycles. The number of para-hydroxylation sites is 1. The Morgan fingerprint density at radius 2 is 1.58 bits per heavy atom. The molecule has 4 rings (SSSR count). The van der Waals surface area contributed by atoms with Crippen LogP contribution in [0.25, 0.3) is 0 Å². The molecule has 1 saturated carbocycles. The molecule has 0 amide bonds. The molecule has 2 aliphatic rings. The average molecular weight is 341 g/mol. The van der Waals surface area contributed by atoms with Crippen molar-refractivity contribution in [3.05, 3.63) is 59.7 Å². The fourth-order valence-corrected chi connectivity index (χ4v) is 5.54. The quantitative estimate of drug-likeness (QED) is 0.825. The van der Waals surface area contributed by atoms with Crippen molar-refractivity contribution in [3.63, 3.8) is 0 Å². The molecule has 1 fully saturated rings. The second-order valence-corrected chi connectivity index (χ2v) is 8.72. The SMILES string of the molecule is O=S(=O)(c1ccc(C2CCCCC2)cc1)N1CCc2ccccc21. The number of hydrogen-bond acceptors (Lipinski definition) is 2. The highest BCUT2D eigenvalue weighted by atomic mass is 32.2. The summed E-state index contributed by atoms with van der Waals surface area (Å²) >= 11 is 0. The van der Waals surface area contributed by atoms with Crippen LogP contribution in [0.3, 0.4) is 0 Å². The molecule has 0 aromatic heterocycles. The van der Waals surface area contributed by atoms with E-state index < -0.39 is 10.0 Å². The second-order valence-electron chi connectivity index (χ2n) is 6.86. The van der Waals surface area contributed by atoms with Gasteiger partial charge < -0.3 is 0 Å². The van der Waals surface area contributed by atoms with Crippen LogP contribution in [-0.2, 0) is 16.4 Å². The molecule has 3 nitrogen and oxygen atoms in total. The zero-order valence-corrected chi connectivity index (χ0v) is 14.6. The van der Waals surface area contributed by atoms with Gasteiger partial charge in [-0.2, -0.15) is 0 Å². The lowest BCUT2D eigenvalue weighted by Gasteiger charge is -2.23. The van der Waals surface area contributed by atoms with Gasteiger partial charge in [-0.3, -0.25) is 4.31 Å². The number of anilines is 1. The number of rotatable bonds is 3. The Kier molecular flexibility index (Phi) is 4.09. The van der Waals surface area contributed by atoms with Crippen LogP contribution in [0.2, 0.25) is 0 Å². The summed E-state index contributed by atoms with van der Waals surface area (Å²) in [4.78, 5) is 0.402. The number of sulfonamides is 1. The summed E-state index contributed by atoms with van der Waals surface area (Å²) in [6, 6.07) is 15.4. The molecule has 1 heterocycles. The van der Waals surface area contributed by atoms with Crippen LogP contribution < -0.4 is 4.31 Å². The Hall–Kier alpha value is -1.81. The van der Waals surface area contributed by atoms with Crippen LogP contribution in [0.1, 0.15) is 49.1 Å². The maximum Gasteiger partial charge on any atom is 0.264 e. The van der Waals surface area contributed by atoms with Crippen molar-refractivity contribution in [2.24, 2.45) is 0 Å². The molecular weight excluding hydrogens is 318 g/mol. The largest absolute Gasteiger partial charge is 0.266 e. The van der Waals surface area contributed by atoms with Crippen molar-refractivity contribution in [3.8, 4) is 0 Å². The minimum atomic E-state index is -3.47. The second kappa shape index (κ2) is 6.25. The summed E-state index contributed by atoms with van der Waals surface area (Å²) in [5.74, 6) is 0.600. The minimum Gasteiger partial charge on any atom is -0.266 e. The molecule has 0 N–H and O–H groups in total. The Morgan fingerprint density at radius 3 is 2.33 bits per heavy atom. The van der Waals surface area contributed by atoms with Gasteiger partial charge in [0.05, 0.1) is 10.6 Å². The zero-order valence-electron chi connectivity index (χ0n) is 13.8. The summed E-state index contributed by atoms with van der Waals surface area (Å²) in [7, 11) is -3.47. The van der Waals surface area contributed by atoms with Crippen LogP contribution in [0.15, 0.2) is 53.4 Å². The third-order valence-electron chi connectivity index (χ3n) is 5.39. The normalized spacial score (nSPS) is 18.6. The van der Waals surface area contributed by atoms with E-state index in [0.29, 0.717) is 17.4 Å². The van der Waals surface area contributed by atoms with E-state index in [1.54, 1.807) is 16.4 Å². The highest BCUT2D eigenvalue weighted by molar-refractivity contribution is 7.92. The number of nitrogens with zero attached hydrogens (tertiary/aromatic N) is 1. The van der Waals surface area contributed by atoms with Crippen molar-refractivity contribution >= 4 is 15.7 Å². The predicted molar refractivity (Wildman–Crippen MR) is 96.9 cm³/mol. The van der Waals surface area contributed by atoms with Gasteiger partial charge in [0.15, 0.2) is 0 Å². The molecule has 1 aliphatic carbocycles. The molecule has 2 aromatic carbocycles. The van der Waals surface area contributed by atoms with E-state index in [0.717, 1.165) is 17.7 Å². The summed E-state index contributed by atoms with van der Waals surface area (Å²) < 4.78 is 27.6. The average Bonchev–Trinajstić information content (AvgIpc) is 3.07. The zero-order chi connectivity index (χ0) is 16.6. The van der Waals surface area contributed by atoms with Crippen LogP contribution >= 0.6 is 0 Å². The molecule has 24 heavy (non-hydrogen) atoms. The highest BCUT2D eigenvalue weighted by Crippen LogP contribution is 2.35. The van der Waals surface area contributed by atoms with Gasteiger partial charge in [0, 0.05) is 6.54 Å². The lowest BCUT2D eigenvalue weighted by atomic mass is 9.84. The van der Waals surface area contributed by atoms with E-state index >= 15 is 0 Å². The van der Waals surface area contributed by atoms with Crippen molar-refractivity contribution in [2.45, 2.75) is 49.3 Å². The van der Waals surface area contributed by atoms with Crippen LogP contribution in [0.4, 0.5) is 5.69 Å². The number of benzene rings is 2. The fourth-order valence-electron chi connectivity index (χ4n) is 4.03. The van der Waals surface area contributed by atoms with E-state index in [2.05, 4.69) is 0 Å². The maximum atomic E-state index is 13.0. The van der Waals surface area contributed by atoms with Gasteiger partial charge in [-0.05, 0) is 54.5 Å². The van der Waals surface area contributed by atoms with E-state index in [9.17, 15) is 8.42 Å². The predicted octanol–water partition coefficient (Wildman–Crippen LogP) is 4.49. The van der Waals surface area contributed by atoms with Crippen LogP contribution in [-0.4, -0.2) is 15.0 Å². The first-order valence-corrected chi connectivity index (χ1v) is 10.3. The molecule has 126 valence electrons. The van der Waals surface area contributed by atoms with Gasteiger partial charge in [0.25, 0.3) is 10.0 Å². The lowest BCUT2D eigenvalue weighted by Crippen LogP contribution is -2.29. The molecule has 0 radical (unpaired) electrons. The van der Waals surface area contributed by atoms with Crippen molar-refractivity contribution in [1.82, 2.24) is 0 Å². The third kappa shape index (κ3) is 2.73. The summed E-state index contributed by atoms with van der Waals surface area (Å²) in [6.07, 6.45) is 7.15. The monoisotopic (exact) mass is 341 g/mol. The number of fused-ring (bicyclic) bond motifs is 1. The van der Waals surface area contributed by atoms with Gasteiger partial charge >= 0.3 is 0 Å². The minimum absolute atomic E-state index is 0.402. The maximum absolute atomic E-state index is 13.0. The summed E-state index contributed by atoms with van der Waals surface area (Å²) in [6.45, 7) is 0.534. The molecule has 0 atom stereocenters. The molecule has 2 aromatic rings. The van der Waals surface area contributed by atoms with E-state index in [-0.39, 0.29) is 0 Å². The van der Waals surface area contributed by atoms with Crippen molar-refractivity contribution < 1.29 is 8.42 Å². The molecular formula is C20H23NO2S. The molecule has 0 unspecified atom stereocenters. The van der Waals surface area contributed by atoms with Gasteiger partial charge in [-0.15, -0.1) is 0 Å². The smallest absolute Gasteiger partial charge is 0.264 e. The topological polar surface area (TPSA) is 37.4 Å². The first-order chi connectivity index (χ1) is 11.7. The first kappa shape index (κ1) is 15.7. The van der Waals surface area contributed by atoms with Crippen LogP contribution in [0.5, 0.6) is 0 Å². The fraction of sp³-hybridized carbons (Fsp3) is 0.400. The summed E-state index contributed by atoms with van der Waals surface area (Å²) in [5.41, 5.74) is 3.23. The van der Waals surface area contributed by atoms with Crippen LogP contribution in [0, 0.1) is 0 Å². The first-order valence-electron chi connectivity index (χ1n) is 8.87. The highest BCUT2D eigenvalue weighted by Gasteiger charge is 2.30. The van der Waals surface area contributed by atoms with E-state index in [4.69, 9.17) is 0 Å². The molecule has 4 heteroatoms. The standard InChI is InChI=1S/C20H23NO2S/c22-24(23,21-15-14-18-8-4-5-9-20(18)21)19-12-10-17(11-13-19)16-6-2-1-3-7-16/h4-5,8-13,16H,1-3,6-7,14-15H2. The third-order valence-corrected chi connectivity index (χ3v) is 7.22. The summed E-state index contributed by atoms with van der Waals surface area (Å²) in [5, 5.41) is 0. The number of hydrogen-bond donors (Lipinski definition) is 0. The van der Waals surface area contributed by atoms with Gasteiger partial charge in [0.2, 0.25) is 0 Å². The van der Waals surface area contributed by atoms with Gasteiger partial charge in [-0.25, -0.2) is 8.42 Å². The Labute approximate surface area is 144 Å². The molecule has 0 bridgehead atoms. The van der Waals surface area contributed by atoms with Gasteiger partial charge in [-0.1, -0.05) is 49.6 Å².